The minimum absolute atomic E-state index is 0.329. The zero-order valence-electron chi connectivity index (χ0n) is 7.51. The predicted octanol–water partition coefficient (Wildman–Crippen LogP) is 2.11. The summed E-state index contributed by atoms with van der Waals surface area (Å²) in [5, 5.41) is 0. The Bertz CT molecular complexity index is 252. The van der Waals surface area contributed by atoms with Crippen molar-refractivity contribution in [3.8, 4) is 0 Å². The van der Waals surface area contributed by atoms with Gasteiger partial charge in [0.05, 0.1) is 5.75 Å². The number of hydrogen-bond acceptors (Lipinski definition) is 2. The molecule has 2 nitrogen and oxygen atoms in total. The Morgan fingerprint density at radius 1 is 1.42 bits per heavy atom. The second kappa shape index (κ2) is 2.98. The molecule has 0 unspecified atom stereocenters. The van der Waals surface area contributed by atoms with E-state index in [9.17, 15) is 12.3 Å². The molecule has 0 heterocycles. The molecule has 4 heteroatoms. The Kier molecular flexibility index (Phi) is 2.47. The van der Waals surface area contributed by atoms with Gasteiger partial charge in [0.2, 0.25) is 0 Å². The molecule has 1 fully saturated rings. The lowest BCUT2D eigenvalue weighted by Gasteiger charge is -2.39. The zero-order chi connectivity index (χ0) is 9.41. The van der Waals surface area contributed by atoms with Crippen molar-refractivity contribution in [1.29, 1.82) is 0 Å². The number of halogens is 1. The van der Waals surface area contributed by atoms with Crippen molar-refractivity contribution in [2.75, 3.05) is 5.75 Å². The van der Waals surface area contributed by atoms with Gasteiger partial charge >= 0.3 is 10.2 Å². The van der Waals surface area contributed by atoms with E-state index in [0.29, 0.717) is 5.92 Å². The van der Waals surface area contributed by atoms with Crippen LogP contribution in [0.4, 0.5) is 3.89 Å². The molecule has 0 N–H and O–H groups in total. The highest BCUT2D eigenvalue weighted by atomic mass is 32.3. The van der Waals surface area contributed by atoms with Gasteiger partial charge in [-0.2, -0.15) is 8.42 Å². The van der Waals surface area contributed by atoms with Crippen molar-refractivity contribution in [2.24, 2.45) is 11.3 Å². The summed E-state index contributed by atoms with van der Waals surface area (Å²) >= 11 is 0. The molecule has 0 amide bonds. The number of rotatable bonds is 3. The van der Waals surface area contributed by atoms with Gasteiger partial charge in [-0.3, -0.25) is 0 Å². The van der Waals surface area contributed by atoms with E-state index in [4.69, 9.17) is 0 Å². The van der Waals surface area contributed by atoms with Gasteiger partial charge in [-0.15, -0.1) is 3.89 Å². The Balaban J connectivity index is 2.59. The van der Waals surface area contributed by atoms with Crippen molar-refractivity contribution < 1.29 is 12.3 Å². The molecule has 1 aliphatic carbocycles. The summed E-state index contributed by atoms with van der Waals surface area (Å²) in [6.07, 6.45) is 3.24. The van der Waals surface area contributed by atoms with Gasteiger partial charge in [0.1, 0.15) is 0 Å². The molecule has 0 aromatic heterocycles. The summed E-state index contributed by atoms with van der Waals surface area (Å²) < 4.78 is 33.2. The largest absolute Gasteiger partial charge is 0.302 e. The van der Waals surface area contributed by atoms with Crippen LogP contribution in [0.15, 0.2) is 0 Å². The second-order valence-electron chi connectivity index (χ2n) is 4.30. The maximum Gasteiger partial charge on any atom is 0.302 e. The third-order valence-corrected chi connectivity index (χ3v) is 3.84. The molecule has 0 aromatic carbocycles. The molecule has 12 heavy (non-hydrogen) atoms. The summed E-state index contributed by atoms with van der Waals surface area (Å²) in [5.41, 5.74) is -0.383. The van der Waals surface area contributed by atoms with Crippen molar-refractivity contribution in [3.05, 3.63) is 0 Å². The molecule has 0 aliphatic heterocycles. The van der Waals surface area contributed by atoms with Gasteiger partial charge in [-0.25, -0.2) is 0 Å². The maximum atomic E-state index is 12.4. The Morgan fingerprint density at radius 3 is 2.17 bits per heavy atom. The highest BCUT2D eigenvalue weighted by Gasteiger charge is 2.37. The molecule has 0 atom stereocenters. The summed E-state index contributed by atoms with van der Waals surface area (Å²) in [6, 6.07) is 0. The van der Waals surface area contributed by atoms with E-state index in [1.807, 2.05) is 13.8 Å². The summed E-state index contributed by atoms with van der Waals surface area (Å²) in [6.45, 7) is 3.65. The third-order valence-electron chi connectivity index (χ3n) is 2.75. The van der Waals surface area contributed by atoms with Crippen LogP contribution in [0.25, 0.3) is 0 Å². The van der Waals surface area contributed by atoms with Crippen molar-refractivity contribution in [1.82, 2.24) is 0 Å². The first-order valence-electron chi connectivity index (χ1n) is 4.24. The first-order chi connectivity index (χ1) is 5.31. The Morgan fingerprint density at radius 2 is 1.92 bits per heavy atom. The van der Waals surface area contributed by atoms with E-state index in [0.717, 1.165) is 19.3 Å². The summed E-state index contributed by atoms with van der Waals surface area (Å²) in [5.74, 6) is 0.0630. The Hall–Kier alpha value is -0.120. The maximum absolute atomic E-state index is 12.4. The minimum atomic E-state index is -4.30. The minimum Gasteiger partial charge on any atom is -0.195 e. The van der Waals surface area contributed by atoms with Crippen LogP contribution < -0.4 is 0 Å². The quantitative estimate of drug-likeness (QED) is 0.645. The average Bonchev–Trinajstić information content (AvgIpc) is 1.45. The van der Waals surface area contributed by atoms with Crippen LogP contribution in [0.2, 0.25) is 0 Å². The van der Waals surface area contributed by atoms with Gasteiger partial charge in [0.15, 0.2) is 0 Å². The van der Waals surface area contributed by atoms with E-state index < -0.39 is 10.2 Å². The van der Waals surface area contributed by atoms with Gasteiger partial charge in [0.25, 0.3) is 0 Å². The van der Waals surface area contributed by atoms with E-state index in [1.54, 1.807) is 0 Å². The van der Waals surface area contributed by atoms with Crippen LogP contribution in [0.5, 0.6) is 0 Å². The fourth-order valence-corrected chi connectivity index (χ4v) is 2.88. The summed E-state index contributed by atoms with van der Waals surface area (Å²) in [4.78, 5) is 0. The van der Waals surface area contributed by atoms with Crippen molar-refractivity contribution >= 4 is 10.2 Å². The number of hydrogen-bond donors (Lipinski definition) is 0. The van der Waals surface area contributed by atoms with Gasteiger partial charge in [-0.1, -0.05) is 20.3 Å². The lowest BCUT2D eigenvalue weighted by Crippen LogP contribution is -2.34. The lowest BCUT2D eigenvalue weighted by atomic mass is 9.68. The monoisotopic (exact) mass is 194 g/mol. The average molecular weight is 194 g/mol. The molecule has 0 aromatic rings. The first-order valence-corrected chi connectivity index (χ1v) is 5.79. The molecule has 0 radical (unpaired) electrons. The van der Waals surface area contributed by atoms with Gasteiger partial charge in [-0.05, 0) is 24.2 Å². The molecule has 0 saturated heterocycles. The smallest absolute Gasteiger partial charge is 0.195 e. The molecular weight excluding hydrogens is 179 g/mol. The standard InChI is InChI=1S/C8H15FO2S/c1-8(2,6-12(9,10)11)7-4-3-5-7/h7H,3-6H2,1-2H3. The lowest BCUT2D eigenvalue weighted by molar-refractivity contribution is 0.142. The first kappa shape index (κ1) is 9.96. The molecule has 1 aliphatic rings. The van der Waals surface area contributed by atoms with Crippen LogP contribution in [0, 0.1) is 11.3 Å². The highest BCUT2D eigenvalue weighted by Crippen LogP contribution is 2.42. The van der Waals surface area contributed by atoms with Crippen molar-refractivity contribution in [2.45, 2.75) is 33.1 Å². The molecule has 1 rings (SSSR count). The van der Waals surface area contributed by atoms with Crippen LogP contribution in [0.3, 0.4) is 0 Å². The van der Waals surface area contributed by atoms with E-state index >= 15 is 0 Å². The van der Waals surface area contributed by atoms with Gasteiger partial charge < -0.3 is 0 Å². The normalized spacial score (nSPS) is 20.6. The molecule has 0 bridgehead atoms. The molecule has 72 valence electrons. The van der Waals surface area contributed by atoms with E-state index in [2.05, 4.69) is 0 Å². The van der Waals surface area contributed by atoms with Crippen molar-refractivity contribution in [3.63, 3.8) is 0 Å². The van der Waals surface area contributed by atoms with E-state index in [-0.39, 0.29) is 11.2 Å². The third kappa shape index (κ3) is 2.44. The van der Waals surface area contributed by atoms with Crippen LogP contribution in [-0.2, 0) is 10.2 Å². The summed E-state index contributed by atoms with van der Waals surface area (Å²) in [7, 11) is -4.30. The predicted molar refractivity (Wildman–Crippen MR) is 46.0 cm³/mol. The van der Waals surface area contributed by atoms with Crippen LogP contribution in [0.1, 0.15) is 33.1 Å². The zero-order valence-corrected chi connectivity index (χ0v) is 8.32. The molecular formula is C8H15FO2S. The highest BCUT2D eigenvalue weighted by molar-refractivity contribution is 7.86. The second-order valence-corrected chi connectivity index (χ2v) is 5.67. The fourth-order valence-electron chi connectivity index (χ4n) is 1.75. The fraction of sp³-hybridized carbons (Fsp3) is 1.00. The van der Waals surface area contributed by atoms with E-state index in [1.165, 1.54) is 0 Å². The topological polar surface area (TPSA) is 34.1 Å². The molecule has 1 saturated carbocycles. The van der Waals surface area contributed by atoms with Crippen LogP contribution in [-0.4, -0.2) is 14.2 Å². The SMILES string of the molecule is CC(C)(CS(=O)(=O)F)C1CCC1. The molecule has 0 spiro atoms. The van der Waals surface area contributed by atoms with Crippen LogP contribution >= 0.6 is 0 Å². The van der Waals surface area contributed by atoms with Gasteiger partial charge in [0, 0.05) is 0 Å². The Labute approximate surface area is 73.4 Å².